The molecule has 1 aliphatic heterocycles. The molecule has 0 saturated heterocycles. The van der Waals surface area contributed by atoms with Gasteiger partial charge < -0.3 is 0 Å². The van der Waals surface area contributed by atoms with Crippen LogP contribution in [0.5, 0.6) is 0 Å². The second kappa shape index (κ2) is 2.49. The van der Waals surface area contributed by atoms with Gasteiger partial charge in [0.2, 0.25) is 0 Å². The zero-order valence-corrected chi connectivity index (χ0v) is 5.89. The maximum absolute atomic E-state index is 8.46. The van der Waals surface area contributed by atoms with E-state index in [1.165, 1.54) is 0 Å². The van der Waals surface area contributed by atoms with Gasteiger partial charge >= 0.3 is 0 Å². The highest BCUT2D eigenvalue weighted by Gasteiger charge is 2.03. The third-order valence-electron chi connectivity index (χ3n) is 1.25. The highest BCUT2D eigenvalue weighted by Crippen LogP contribution is 2.13. The Kier molecular flexibility index (Phi) is 1.68. The Morgan fingerprint density at radius 3 is 3.00 bits per heavy atom. The smallest absolute Gasteiger partial charge is 0.140 e. The molecule has 0 atom stereocenters. The molecule has 50 valence electrons. The number of nitriles is 1. The standard InChI is InChI=1S/C8H8N2/c1-6-3-7(2)10-8(4-6)5-9/h4H,1,3H2,2H3. The largest absolute Gasteiger partial charge is 0.246 e. The summed E-state index contributed by atoms with van der Waals surface area (Å²) in [5, 5.41) is 8.46. The zero-order chi connectivity index (χ0) is 7.56. The molecule has 0 aromatic carbocycles. The summed E-state index contributed by atoms with van der Waals surface area (Å²) in [6, 6.07) is 1.98. The molecular weight excluding hydrogens is 124 g/mol. The average molecular weight is 132 g/mol. The lowest BCUT2D eigenvalue weighted by atomic mass is 10.1. The summed E-state index contributed by atoms with van der Waals surface area (Å²) >= 11 is 0. The number of hydrogen-bond acceptors (Lipinski definition) is 2. The Morgan fingerprint density at radius 1 is 1.80 bits per heavy atom. The van der Waals surface area contributed by atoms with Gasteiger partial charge in [0, 0.05) is 12.1 Å². The lowest BCUT2D eigenvalue weighted by Gasteiger charge is -2.05. The van der Waals surface area contributed by atoms with Gasteiger partial charge in [0.1, 0.15) is 11.8 Å². The van der Waals surface area contributed by atoms with E-state index in [4.69, 9.17) is 5.26 Å². The van der Waals surface area contributed by atoms with E-state index in [0.29, 0.717) is 5.70 Å². The van der Waals surface area contributed by atoms with E-state index in [9.17, 15) is 0 Å². The second-order valence-corrected chi connectivity index (χ2v) is 2.32. The maximum Gasteiger partial charge on any atom is 0.140 e. The minimum Gasteiger partial charge on any atom is -0.246 e. The third-order valence-corrected chi connectivity index (χ3v) is 1.25. The Bertz CT molecular complexity index is 263. The lowest BCUT2D eigenvalue weighted by molar-refractivity contribution is 1.22. The van der Waals surface area contributed by atoms with Crippen molar-refractivity contribution in [3.8, 4) is 6.07 Å². The highest BCUT2D eigenvalue weighted by atomic mass is 14.8. The number of hydrogen-bond donors (Lipinski definition) is 0. The summed E-state index contributed by atoms with van der Waals surface area (Å²) in [4.78, 5) is 4.01. The van der Waals surface area contributed by atoms with Gasteiger partial charge in [0.25, 0.3) is 0 Å². The molecule has 0 radical (unpaired) electrons. The van der Waals surface area contributed by atoms with Crippen molar-refractivity contribution in [2.45, 2.75) is 13.3 Å². The minimum atomic E-state index is 0.466. The van der Waals surface area contributed by atoms with Crippen LogP contribution >= 0.6 is 0 Å². The molecule has 0 aliphatic carbocycles. The first-order valence-electron chi connectivity index (χ1n) is 3.06. The van der Waals surface area contributed by atoms with Crippen LogP contribution in [0.15, 0.2) is 28.9 Å². The van der Waals surface area contributed by atoms with Gasteiger partial charge in [-0.25, -0.2) is 4.99 Å². The first-order chi connectivity index (χ1) is 4.72. The molecule has 1 aliphatic rings. The van der Waals surface area contributed by atoms with Crippen LogP contribution in [0, 0.1) is 11.3 Å². The quantitative estimate of drug-likeness (QED) is 0.495. The fourth-order valence-electron chi connectivity index (χ4n) is 0.908. The summed E-state index contributed by atoms with van der Waals surface area (Å²) in [6.07, 6.45) is 2.51. The Hall–Kier alpha value is -1.36. The average Bonchev–Trinajstić information content (AvgIpc) is 1.85. The Labute approximate surface area is 60.2 Å². The molecule has 1 rings (SSSR count). The van der Waals surface area contributed by atoms with Crippen LogP contribution in [0.4, 0.5) is 0 Å². The topological polar surface area (TPSA) is 36.1 Å². The maximum atomic E-state index is 8.46. The first-order valence-corrected chi connectivity index (χ1v) is 3.06. The van der Waals surface area contributed by atoms with E-state index >= 15 is 0 Å². The zero-order valence-electron chi connectivity index (χ0n) is 5.89. The summed E-state index contributed by atoms with van der Waals surface area (Å²) < 4.78 is 0. The number of rotatable bonds is 0. The molecular formula is C8H8N2. The van der Waals surface area contributed by atoms with Crippen LogP contribution in [0.1, 0.15) is 13.3 Å². The molecule has 10 heavy (non-hydrogen) atoms. The van der Waals surface area contributed by atoms with Crippen LogP contribution in [0.2, 0.25) is 0 Å². The summed E-state index contributed by atoms with van der Waals surface area (Å²) in [7, 11) is 0. The van der Waals surface area contributed by atoms with Gasteiger partial charge in [0.05, 0.1) is 0 Å². The normalized spacial score (nSPS) is 17.4. The molecule has 0 aromatic rings. The van der Waals surface area contributed by atoms with Gasteiger partial charge in [-0.05, 0) is 18.6 Å². The molecule has 0 spiro atoms. The van der Waals surface area contributed by atoms with E-state index in [-0.39, 0.29) is 0 Å². The van der Waals surface area contributed by atoms with Gasteiger partial charge in [0.15, 0.2) is 0 Å². The van der Waals surface area contributed by atoms with Gasteiger partial charge in [-0.2, -0.15) is 5.26 Å². The van der Waals surface area contributed by atoms with Crippen LogP contribution in [0.25, 0.3) is 0 Å². The van der Waals surface area contributed by atoms with Crippen molar-refractivity contribution >= 4 is 5.71 Å². The second-order valence-electron chi connectivity index (χ2n) is 2.32. The van der Waals surface area contributed by atoms with E-state index in [2.05, 4.69) is 11.6 Å². The molecule has 0 saturated carbocycles. The molecule has 2 heteroatoms. The van der Waals surface area contributed by atoms with Crippen molar-refractivity contribution in [2.75, 3.05) is 0 Å². The number of allylic oxidation sites excluding steroid dienone is 3. The Balaban J connectivity index is 2.95. The van der Waals surface area contributed by atoms with Crippen molar-refractivity contribution in [3.05, 3.63) is 23.9 Å². The number of aliphatic imine (C=N–C) groups is 1. The molecule has 1 heterocycles. The monoisotopic (exact) mass is 132 g/mol. The predicted octanol–water partition coefficient (Wildman–Crippen LogP) is 1.81. The molecule has 0 unspecified atom stereocenters. The molecule has 0 amide bonds. The van der Waals surface area contributed by atoms with Crippen LogP contribution < -0.4 is 0 Å². The van der Waals surface area contributed by atoms with Crippen molar-refractivity contribution in [2.24, 2.45) is 4.99 Å². The summed E-state index contributed by atoms with van der Waals surface area (Å²) in [5.41, 5.74) is 2.39. The minimum absolute atomic E-state index is 0.466. The predicted molar refractivity (Wildman–Crippen MR) is 40.6 cm³/mol. The van der Waals surface area contributed by atoms with Gasteiger partial charge in [-0.1, -0.05) is 6.58 Å². The number of nitrogens with zero attached hydrogens (tertiary/aromatic N) is 2. The van der Waals surface area contributed by atoms with Crippen molar-refractivity contribution in [1.82, 2.24) is 0 Å². The highest BCUT2D eigenvalue weighted by molar-refractivity contribution is 5.87. The molecule has 0 bridgehead atoms. The lowest BCUT2D eigenvalue weighted by Crippen LogP contribution is -1.98. The molecule has 0 fully saturated rings. The van der Waals surface area contributed by atoms with Crippen LogP contribution in [0.3, 0.4) is 0 Å². The van der Waals surface area contributed by atoms with E-state index in [1.807, 2.05) is 13.0 Å². The van der Waals surface area contributed by atoms with Crippen molar-refractivity contribution < 1.29 is 0 Å². The van der Waals surface area contributed by atoms with E-state index in [1.54, 1.807) is 6.08 Å². The van der Waals surface area contributed by atoms with Gasteiger partial charge in [-0.3, -0.25) is 0 Å². The third kappa shape index (κ3) is 1.32. The Morgan fingerprint density at radius 2 is 2.50 bits per heavy atom. The molecule has 0 N–H and O–H groups in total. The first kappa shape index (κ1) is 6.76. The van der Waals surface area contributed by atoms with E-state index in [0.717, 1.165) is 17.7 Å². The van der Waals surface area contributed by atoms with Crippen LogP contribution in [-0.4, -0.2) is 5.71 Å². The fraction of sp³-hybridized carbons (Fsp3) is 0.250. The van der Waals surface area contributed by atoms with Crippen molar-refractivity contribution in [3.63, 3.8) is 0 Å². The fourth-order valence-corrected chi connectivity index (χ4v) is 0.908. The van der Waals surface area contributed by atoms with E-state index < -0.39 is 0 Å². The molecule has 2 nitrogen and oxygen atoms in total. The molecule has 0 aromatic heterocycles. The van der Waals surface area contributed by atoms with Crippen LogP contribution in [-0.2, 0) is 0 Å². The SMILES string of the molecule is C=C1C=C(C#N)N=C(C)C1. The summed E-state index contributed by atoms with van der Waals surface area (Å²) in [5.74, 6) is 0. The van der Waals surface area contributed by atoms with Gasteiger partial charge in [-0.15, -0.1) is 0 Å². The summed E-state index contributed by atoms with van der Waals surface area (Å²) in [6.45, 7) is 5.65. The van der Waals surface area contributed by atoms with Crippen molar-refractivity contribution in [1.29, 1.82) is 5.26 Å².